The molecule has 1 atom stereocenters. The van der Waals surface area contributed by atoms with Gasteiger partial charge in [-0.05, 0) is 47.9 Å². The lowest BCUT2D eigenvalue weighted by Crippen LogP contribution is -2.44. The lowest BCUT2D eigenvalue weighted by molar-refractivity contribution is -0.384. The standard InChI is InChI=1S/C24H23ClN2O4S/c1-24(2)12-20-23(21(28)13-24)17(14-4-7-16(32-3)8-5-14)11-22(29)26(20)19-10-15(25)6-9-18(19)27(30)31/h4-10,17H,11-13H2,1-3H3. The van der Waals surface area contributed by atoms with Crippen molar-refractivity contribution in [1.82, 2.24) is 0 Å². The molecule has 0 radical (unpaired) electrons. The average molecular weight is 471 g/mol. The molecule has 0 saturated heterocycles. The van der Waals surface area contributed by atoms with E-state index in [-0.39, 0.29) is 45.8 Å². The van der Waals surface area contributed by atoms with Crippen molar-refractivity contribution in [3.63, 3.8) is 0 Å². The summed E-state index contributed by atoms with van der Waals surface area (Å²) in [6.07, 6.45) is 2.88. The molecule has 32 heavy (non-hydrogen) atoms. The molecule has 8 heteroatoms. The summed E-state index contributed by atoms with van der Waals surface area (Å²) in [5.74, 6) is -0.664. The van der Waals surface area contributed by atoms with Crippen molar-refractivity contribution in [3.8, 4) is 0 Å². The van der Waals surface area contributed by atoms with Crippen molar-refractivity contribution in [3.05, 3.63) is 74.4 Å². The SMILES string of the molecule is CSc1ccc(C2CC(=O)N(c3cc(Cl)ccc3[N+](=O)[O-])C3=C2C(=O)CC(C)(C)C3)cc1. The number of rotatable bonds is 4. The Morgan fingerprint density at radius 2 is 1.81 bits per heavy atom. The number of nitro benzene ring substituents is 1. The van der Waals surface area contributed by atoms with E-state index in [1.165, 1.54) is 23.1 Å². The first kappa shape index (κ1) is 22.6. The Morgan fingerprint density at radius 3 is 2.44 bits per heavy atom. The Labute approximate surface area is 195 Å². The fraction of sp³-hybridized carbons (Fsp3) is 0.333. The zero-order valence-electron chi connectivity index (χ0n) is 18.1. The second kappa shape index (κ2) is 8.37. The number of anilines is 1. The summed E-state index contributed by atoms with van der Waals surface area (Å²) in [5, 5.41) is 12.0. The summed E-state index contributed by atoms with van der Waals surface area (Å²) in [6, 6.07) is 12.0. The van der Waals surface area contributed by atoms with Crippen molar-refractivity contribution in [2.24, 2.45) is 5.41 Å². The number of Topliss-reactive ketones (excluding diaryl/α,β-unsaturated/α-hetero) is 1. The van der Waals surface area contributed by atoms with Gasteiger partial charge in [-0.15, -0.1) is 11.8 Å². The molecular formula is C24H23ClN2O4S. The van der Waals surface area contributed by atoms with Crippen LogP contribution >= 0.6 is 23.4 Å². The smallest absolute Gasteiger partial charge is 0.293 e. The number of thioether (sulfide) groups is 1. The Bertz CT molecular complexity index is 1160. The topological polar surface area (TPSA) is 80.5 Å². The van der Waals surface area contributed by atoms with E-state index in [1.807, 2.05) is 44.4 Å². The molecule has 0 N–H and O–H groups in total. The first-order chi connectivity index (χ1) is 15.1. The highest BCUT2D eigenvalue weighted by molar-refractivity contribution is 7.98. The van der Waals surface area contributed by atoms with Crippen molar-refractivity contribution in [2.45, 2.75) is 43.9 Å². The minimum atomic E-state index is -0.526. The van der Waals surface area contributed by atoms with Crippen LogP contribution in [-0.2, 0) is 9.59 Å². The van der Waals surface area contributed by atoms with E-state index in [2.05, 4.69) is 0 Å². The van der Waals surface area contributed by atoms with Crippen LogP contribution in [0.5, 0.6) is 0 Å². The van der Waals surface area contributed by atoms with E-state index in [0.29, 0.717) is 24.1 Å². The van der Waals surface area contributed by atoms with Gasteiger partial charge in [0.05, 0.1) is 4.92 Å². The Hall–Kier alpha value is -2.64. The van der Waals surface area contributed by atoms with Gasteiger partial charge in [-0.25, -0.2) is 0 Å². The number of allylic oxidation sites excluding steroid dienone is 2. The molecule has 0 saturated carbocycles. The minimum Gasteiger partial charge on any atom is -0.294 e. The maximum Gasteiger partial charge on any atom is 0.293 e. The van der Waals surface area contributed by atoms with Crippen LogP contribution < -0.4 is 4.90 Å². The fourth-order valence-corrected chi connectivity index (χ4v) is 5.22. The molecule has 6 nitrogen and oxygen atoms in total. The monoisotopic (exact) mass is 470 g/mol. The van der Waals surface area contributed by atoms with Crippen LogP contribution in [0.1, 0.15) is 44.6 Å². The molecule has 1 aliphatic heterocycles. The van der Waals surface area contributed by atoms with Crippen LogP contribution in [0.25, 0.3) is 0 Å². The van der Waals surface area contributed by atoms with Gasteiger partial charge in [0, 0.05) is 46.0 Å². The second-order valence-electron chi connectivity index (χ2n) is 8.95. The summed E-state index contributed by atoms with van der Waals surface area (Å²) in [6.45, 7) is 3.95. The number of hydrogen-bond donors (Lipinski definition) is 0. The molecule has 2 aromatic rings. The number of halogens is 1. The van der Waals surface area contributed by atoms with Crippen LogP contribution in [0.3, 0.4) is 0 Å². The van der Waals surface area contributed by atoms with E-state index in [1.54, 1.807) is 11.8 Å². The molecule has 2 aliphatic rings. The third-order valence-electron chi connectivity index (χ3n) is 6.04. The highest BCUT2D eigenvalue weighted by Crippen LogP contribution is 2.49. The summed E-state index contributed by atoms with van der Waals surface area (Å²) < 4.78 is 0. The lowest BCUT2D eigenvalue weighted by Gasteiger charge is -2.42. The molecule has 1 amide bonds. The van der Waals surface area contributed by atoms with Crippen molar-refractivity contribution >= 4 is 46.4 Å². The van der Waals surface area contributed by atoms with E-state index in [9.17, 15) is 19.7 Å². The average Bonchev–Trinajstić information content (AvgIpc) is 2.72. The molecule has 2 aromatic carbocycles. The van der Waals surface area contributed by atoms with Gasteiger partial charge in [0.25, 0.3) is 5.69 Å². The summed E-state index contributed by atoms with van der Waals surface area (Å²) in [5.41, 5.74) is 1.56. The van der Waals surface area contributed by atoms with E-state index in [0.717, 1.165) is 10.5 Å². The zero-order chi connectivity index (χ0) is 23.2. The van der Waals surface area contributed by atoms with Gasteiger partial charge < -0.3 is 0 Å². The van der Waals surface area contributed by atoms with Crippen LogP contribution in [0, 0.1) is 15.5 Å². The van der Waals surface area contributed by atoms with E-state index < -0.39 is 4.92 Å². The molecule has 1 heterocycles. The molecule has 1 aliphatic carbocycles. The van der Waals surface area contributed by atoms with Crippen LogP contribution in [0.15, 0.2) is 58.6 Å². The second-order valence-corrected chi connectivity index (χ2v) is 10.3. The molecule has 0 bridgehead atoms. The first-order valence-electron chi connectivity index (χ1n) is 10.3. The lowest BCUT2D eigenvalue weighted by atomic mass is 9.69. The number of ketones is 1. The third kappa shape index (κ3) is 4.07. The van der Waals surface area contributed by atoms with Crippen LogP contribution in [0.4, 0.5) is 11.4 Å². The number of amides is 1. The minimum absolute atomic E-state index is 0.0163. The zero-order valence-corrected chi connectivity index (χ0v) is 19.6. The van der Waals surface area contributed by atoms with Gasteiger partial charge in [0.1, 0.15) is 5.69 Å². The number of benzene rings is 2. The molecule has 0 fully saturated rings. The fourth-order valence-electron chi connectivity index (χ4n) is 4.65. The first-order valence-corrected chi connectivity index (χ1v) is 11.9. The van der Waals surface area contributed by atoms with E-state index in [4.69, 9.17) is 11.6 Å². The summed E-state index contributed by atoms with van der Waals surface area (Å²) in [4.78, 5) is 40.5. The van der Waals surface area contributed by atoms with Crippen molar-refractivity contribution in [1.29, 1.82) is 0 Å². The maximum atomic E-state index is 13.5. The van der Waals surface area contributed by atoms with Gasteiger partial charge in [-0.1, -0.05) is 37.6 Å². The molecule has 0 spiro atoms. The number of carbonyl (C=O) groups is 2. The molecule has 4 rings (SSSR count). The Kier molecular flexibility index (Phi) is 5.90. The largest absolute Gasteiger partial charge is 0.294 e. The molecule has 166 valence electrons. The number of carbonyl (C=O) groups excluding carboxylic acids is 2. The van der Waals surface area contributed by atoms with Gasteiger partial charge >= 0.3 is 0 Å². The Morgan fingerprint density at radius 1 is 1.12 bits per heavy atom. The van der Waals surface area contributed by atoms with Gasteiger partial charge in [-0.2, -0.15) is 0 Å². The molecular weight excluding hydrogens is 448 g/mol. The number of nitro groups is 1. The quantitative estimate of drug-likeness (QED) is 0.305. The van der Waals surface area contributed by atoms with Crippen LogP contribution in [-0.4, -0.2) is 22.9 Å². The predicted octanol–water partition coefficient (Wildman–Crippen LogP) is 6.13. The normalized spacial score (nSPS) is 20.4. The summed E-state index contributed by atoms with van der Waals surface area (Å²) in [7, 11) is 0. The van der Waals surface area contributed by atoms with E-state index >= 15 is 0 Å². The Balaban J connectivity index is 1.93. The van der Waals surface area contributed by atoms with Gasteiger partial charge in [0.2, 0.25) is 5.91 Å². The molecule has 1 unspecified atom stereocenters. The highest BCUT2D eigenvalue weighted by Gasteiger charge is 2.45. The van der Waals surface area contributed by atoms with Gasteiger partial charge in [0.15, 0.2) is 5.78 Å². The third-order valence-corrected chi connectivity index (χ3v) is 7.01. The number of nitrogens with zero attached hydrogens (tertiary/aromatic N) is 2. The number of hydrogen-bond acceptors (Lipinski definition) is 5. The maximum absolute atomic E-state index is 13.5. The van der Waals surface area contributed by atoms with Crippen molar-refractivity contribution < 1.29 is 14.5 Å². The highest BCUT2D eigenvalue weighted by atomic mass is 35.5. The summed E-state index contributed by atoms with van der Waals surface area (Å²) >= 11 is 7.78. The molecule has 0 aromatic heterocycles. The predicted molar refractivity (Wildman–Crippen MR) is 126 cm³/mol. The van der Waals surface area contributed by atoms with Gasteiger partial charge in [-0.3, -0.25) is 24.6 Å². The van der Waals surface area contributed by atoms with Crippen molar-refractivity contribution in [2.75, 3.05) is 11.2 Å². The van der Waals surface area contributed by atoms with Crippen LogP contribution in [0.2, 0.25) is 5.02 Å².